The van der Waals surface area contributed by atoms with Gasteiger partial charge in [0.1, 0.15) is 0 Å². The van der Waals surface area contributed by atoms with Gasteiger partial charge in [-0.25, -0.2) is 0 Å². The maximum Gasteiger partial charge on any atom is -0.00644 e. The van der Waals surface area contributed by atoms with Crippen LogP contribution in [0.3, 0.4) is 0 Å². The maximum atomic E-state index is 4.23. The zero-order chi connectivity index (χ0) is 14.9. The third-order valence-electron chi connectivity index (χ3n) is 4.47. The van der Waals surface area contributed by atoms with Crippen molar-refractivity contribution >= 4 is 14.2 Å². The summed E-state index contributed by atoms with van der Waals surface area (Å²) in [6.07, 6.45) is 7.16. The number of benzene rings is 1. The highest BCUT2D eigenvalue weighted by Crippen LogP contribution is 2.44. The first-order chi connectivity index (χ1) is 9.51. The summed E-state index contributed by atoms with van der Waals surface area (Å²) in [5.74, 6) is 0. The van der Waals surface area contributed by atoms with Crippen molar-refractivity contribution in [3.05, 3.63) is 51.3 Å². The Bertz CT molecular complexity index is 570. The zero-order valence-electron chi connectivity index (χ0n) is 13.6. The lowest BCUT2D eigenvalue weighted by Crippen LogP contribution is -2.08. The highest BCUT2D eigenvalue weighted by Gasteiger charge is 2.18. The van der Waals surface area contributed by atoms with Crippen LogP contribution >= 0.6 is 8.58 Å². The Kier molecular flexibility index (Phi) is 4.86. The highest BCUT2D eigenvalue weighted by atomic mass is 31.1. The van der Waals surface area contributed by atoms with Crippen molar-refractivity contribution in [2.24, 2.45) is 0 Å². The summed E-state index contributed by atoms with van der Waals surface area (Å²) in [7, 11) is 1.10. The second-order valence-electron chi connectivity index (χ2n) is 5.84. The molecule has 1 aromatic carbocycles. The van der Waals surface area contributed by atoms with Gasteiger partial charge in [0, 0.05) is 0 Å². The molecule has 1 aliphatic heterocycles. The molecule has 1 aliphatic rings. The van der Waals surface area contributed by atoms with E-state index in [9.17, 15) is 0 Å². The van der Waals surface area contributed by atoms with Gasteiger partial charge < -0.3 is 0 Å². The van der Waals surface area contributed by atoms with Gasteiger partial charge in [-0.15, -0.1) is 0 Å². The van der Waals surface area contributed by atoms with E-state index in [1.807, 2.05) is 0 Å². The third-order valence-corrected chi connectivity index (χ3v) is 5.43. The molecule has 0 amide bonds. The quantitative estimate of drug-likeness (QED) is 0.620. The molecule has 1 aromatic rings. The second kappa shape index (κ2) is 6.27. The average molecular weight is 286 g/mol. The molecule has 0 aliphatic carbocycles. The fourth-order valence-electron chi connectivity index (χ4n) is 3.39. The molecule has 1 saturated heterocycles. The largest absolute Gasteiger partial charge is 0.0955 e. The standard InChI is InChI=1S/C19H27P/c1-7-16-13(5)17(8-2)19(12(3)4)14(6)18(16)10-9-15-11-20-15/h9,20H,3,7-8,10-11H2,1-2,4-6H3/b15-9+. The van der Waals surface area contributed by atoms with E-state index >= 15 is 0 Å². The van der Waals surface area contributed by atoms with E-state index in [4.69, 9.17) is 0 Å². The lowest BCUT2D eigenvalue weighted by Gasteiger charge is -2.23. The second-order valence-corrected chi connectivity index (χ2v) is 7.18. The predicted octanol–water partition coefficient (Wildman–Crippen LogP) is 5.58. The average Bonchev–Trinajstić information content (AvgIpc) is 3.22. The van der Waals surface area contributed by atoms with Gasteiger partial charge in [0.05, 0.1) is 0 Å². The first kappa shape index (κ1) is 15.5. The van der Waals surface area contributed by atoms with Gasteiger partial charge in [0.15, 0.2) is 0 Å². The summed E-state index contributed by atoms with van der Waals surface area (Å²) in [4.78, 5) is 0. The van der Waals surface area contributed by atoms with Crippen molar-refractivity contribution in [2.75, 3.05) is 6.16 Å². The normalized spacial score (nSPS) is 16.9. The lowest BCUT2D eigenvalue weighted by atomic mass is 9.82. The van der Waals surface area contributed by atoms with E-state index in [0.29, 0.717) is 0 Å². The van der Waals surface area contributed by atoms with Crippen molar-refractivity contribution in [1.82, 2.24) is 0 Å². The van der Waals surface area contributed by atoms with Crippen LogP contribution in [0, 0.1) is 13.8 Å². The van der Waals surface area contributed by atoms with Gasteiger partial charge in [-0.1, -0.05) is 40.7 Å². The van der Waals surface area contributed by atoms with Crippen LogP contribution in [0.25, 0.3) is 5.57 Å². The van der Waals surface area contributed by atoms with E-state index in [1.54, 1.807) is 16.4 Å². The molecular weight excluding hydrogens is 259 g/mol. The molecule has 1 heteroatoms. The molecule has 0 N–H and O–H groups in total. The monoisotopic (exact) mass is 286 g/mol. The number of hydrogen-bond acceptors (Lipinski definition) is 0. The summed E-state index contributed by atoms with van der Waals surface area (Å²) >= 11 is 0. The van der Waals surface area contributed by atoms with E-state index in [0.717, 1.165) is 27.8 Å². The van der Waals surface area contributed by atoms with Crippen LogP contribution in [0.15, 0.2) is 18.0 Å². The van der Waals surface area contributed by atoms with E-state index in [-0.39, 0.29) is 0 Å². The molecule has 0 bridgehead atoms. The maximum absolute atomic E-state index is 4.23. The van der Waals surface area contributed by atoms with Crippen LogP contribution < -0.4 is 0 Å². The van der Waals surface area contributed by atoms with Crippen molar-refractivity contribution < 1.29 is 0 Å². The molecule has 0 nitrogen and oxygen atoms in total. The van der Waals surface area contributed by atoms with Crippen molar-refractivity contribution in [1.29, 1.82) is 0 Å². The van der Waals surface area contributed by atoms with Gasteiger partial charge in [-0.2, -0.15) is 0 Å². The first-order valence-electron chi connectivity index (χ1n) is 7.73. The molecule has 0 aromatic heterocycles. The smallest absolute Gasteiger partial charge is 0.00644 e. The van der Waals surface area contributed by atoms with Crippen molar-refractivity contribution in [3.8, 4) is 0 Å². The minimum absolute atomic E-state index is 1.10. The Morgan fingerprint density at radius 1 is 1.10 bits per heavy atom. The highest BCUT2D eigenvalue weighted by molar-refractivity contribution is 7.53. The Morgan fingerprint density at radius 3 is 2.15 bits per heavy atom. The summed E-state index contributed by atoms with van der Waals surface area (Å²) in [6, 6.07) is 0. The SMILES string of the molecule is C=C(C)c1c(C)c(C/C=C2\CP2)c(CC)c(C)c1CC. The van der Waals surface area contributed by atoms with E-state index in [2.05, 4.69) is 47.3 Å². The summed E-state index contributed by atoms with van der Waals surface area (Å²) in [6.45, 7) is 15.5. The fraction of sp³-hybridized carbons (Fsp3) is 0.474. The first-order valence-corrected chi connectivity index (χ1v) is 8.94. The predicted molar refractivity (Wildman–Crippen MR) is 94.3 cm³/mol. The van der Waals surface area contributed by atoms with Crippen LogP contribution in [0.1, 0.15) is 54.2 Å². The minimum Gasteiger partial charge on any atom is -0.0955 e. The van der Waals surface area contributed by atoms with Crippen molar-refractivity contribution in [2.45, 2.75) is 53.9 Å². The number of allylic oxidation sites excluding steroid dienone is 3. The molecule has 1 heterocycles. The molecule has 108 valence electrons. The van der Waals surface area contributed by atoms with E-state index in [1.165, 1.54) is 34.0 Å². The van der Waals surface area contributed by atoms with Crippen LogP contribution in [0.5, 0.6) is 0 Å². The van der Waals surface area contributed by atoms with Gasteiger partial charge in [0.25, 0.3) is 0 Å². The molecule has 20 heavy (non-hydrogen) atoms. The Labute approximate surface area is 126 Å². The number of rotatable bonds is 5. The number of hydrogen-bond donors (Lipinski definition) is 0. The molecule has 0 saturated carbocycles. The Morgan fingerprint density at radius 2 is 1.70 bits per heavy atom. The molecule has 2 rings (SSSR count). The van der Waals surface area contributed by atoms with Gasteiger partial charge in [-0.3, -0.25) is 0 Å². The minimum atomic E-state index is 1.10. The summed E-state index contributed by atoms with van der Waals surface area (Å²) in [5.41, 5.74) is 10.3. The Hall–Kier alpha value is -0.870. The molecule has 0 spiro atoms. The lowest BCUT2D eigenvalue weighted by molar-refractivity contribution is 0.986. The van der Waals surface area contributed by atoms with Gasteiger partial charge in [0.2, 0.25) is 0 Å². The molecule has 1 unspecified atom stereocenters. The zero-order valence-corrected chi connectivity index (χ0v) is 14.6. The van der Waals surface area contributed by atoms with Crippen LogP contribution in [0.2, 0.25) is 0 Å². The Balaban J connectivity index is 2.63. The molecule has 1 atom stereocenters. The summed E-state index contributed by atoms with van der Waals surface area (Å²) < 4.78 is 0. The summed E-state index contributed by atoms with van der Waals surface area (Å²) in [5, 5.41) is 1.67. The van der Waals surface area contributed by atoms with Gasteiger partial charge in [-0.05, 0) is 84.9 Å². The fourth-order valence-corrected chi connectivity index (χ4v) is 3.89. The molecular formula is C19H27P. The third kappa shape index (κ3) is 2.91. The van der Waals surface area contributed by atoms with Gasteiger partial charge >= 0.3 is 0 Å². The van der Waals surface area contributed by atoms with Crippen LogP contribution in [-0.4, -0.2) is 6.16 Å². The topological polar surface area (TPSA) is 0 Å². The van der Waals surface area contributed by atoms with Crippen LogP contribution in [0.4, 0.5) is 0 Å². The molecule has 1 fully saturated rings. The van der Waals surface area contributed by atoms with E-state index < -0.39 is 0 Å². The van der Waals surface area contributed by atoms with Crippen LogP contribution in [-0.2, 0) is 19.3 Å². The molecule has 0 radical (unpaired) electrons. The van der Waals surface area contributed by atoms with Crippen molar-refractivity contribution in [3.63, 3.8) is 0 Å².